The van der Waals surface area contributed by atoms with Crippen molar-refractivity contribution in [1.29, 1.82) is 0 Å². The Labute approximate surface area is 232 Å². The molecule has 210 valence electrons. The number of fused-ring (bicyclic) bond motifs is 1. The number of aliphatic hydroxyl groups is 1. The normalized spacial score (nSPS) is 17.7. The number of benzene rings is 3. The predicted octanol–water partition coefficient (Wildman–Crippen LogP) is 2.87. The van der Waals surface area contributed by atoms with Crippen molar-refractivity contribution in [1.82, 2.24) is 5.32 Å². The number of rotatable bonds is 12. The highest BCUT2D eigenvalue weighted by Crippen LogP contribution is 2.33. The molecule has 3 aromatic carbocycles. The lowest BCUT2D eigenvalue weighted by atomic mass is 9.97. The van der Waals surface area contributed by atoms with E-state index in [1.165, 1.54) is 12.1 Å². The van der Waals surface area contributed by atoms with Gasteiger partial charge in [0.1, 0.15) is 12.4 Å². The van der Waals surface area contributed by atoms with Gasteiger partial charge in [-0.3, -0.25) is 4.79 Å². The standard InChI is InChI=1S/C29H30N2O8S/c32-14-4-15-36-23-10-8-22(9-11-23)27-31-29(19-37-27,13-16-40(34,35)24-5-2-1-3-6-24)28(33)30-18-21-7-12-25-26(17-21)39-20-38-25/h1-3,5-12,17,32H,4,13-16,18-20H2,(H,30,33)/t29-/m1/s1. The quantitative estimate of drug-likeness (QED) is 0.320. The lowest BCUT2D eigenvalue weighted by Gasteiger charge is -2.23. The zero-order valence-electron chi connectivity index (χ0n) is 21.7. The first kappa shape index (κ1) is 27.5. The minimum absolute atomic E-state index is 0.0432. The molecule has 5 rings (SSSR count). The number of carbonyl (C=O) groups is 1. The predicted molar refractivity (Wildman–Crippen MR) is 146 cm³/mol. The summed E-state index contributed by atoms with van der Waals surface area (Å²) in [7, 11) is -3.66. The first-order valence-electron chi connectivity index (χ1n) is 12.9. The maximum Gasteiger partial charge on any atom is 0.251 e. The number of hydrogen-bond acceptors (Lipinski definition) is 9. The Morgan fingerprint density at radius 2 is 1.77 bits per heavy atom. The summed E-state index contributed by atoms with van der Waals surface area (Å²) in [6.45, 7) is 0.661. The molecule has 0 spiro atoms. The van der Waals surface area contributed by atoms with E-state index in [9.17, 15) is 13.2 Å². The van der Waals surface area contributed by atoms with Crippen LogP contribution in [-0.2, 0) is 25.9 Å². The number of nitrogens with one attached hydrogen (secondary N) is 1. The monoisotopic (exact) mass is 566 g/mol. The number of carbonyl (C=O) groups excluding carboxylic acids is 1. The van der Waals surface area contributed by atoms with Gasteiger partial charge in [-0.1, -0.05) is 24.3 Å². The van der Waals surface area contributed by atoms with Crippen LogP contribution >= 0.6 is 0 Å². The Bertz CT molecular complexity index is 1480. The van der Waals surface area contributed by atoms with Crippen LogP contribution in [0.25, 0.3) is 0 Å². The van der Waals surface area contributed by atoms with E-state index in [-0.39, 0.29) is 49.5 Å². The molecule has 2 aliphatic rings. The van der Waals surface area contributed by atoms with Crippen LogP contribution in [0.3, 0.4) is 0 Å². The van der Waals surface area contributed by atoms with Gasteiger partial charge in [0, 0.05) is 25.1 Å². The second kappa shape index (κ2) is 12.0. The molecule has 2 N–H and O–H groups in total. The lowest BCUT2D eigenvalue weighted by Crippen LogP contribution is -2.47. The Kier molecular flexibility index (Phi) is 8.22. The number of ether oxygens (including phenoxy) is 4. The van der Waals surface area contributed by atoms with Crippen molar-refractivity contribution in [2.75, 3.05) is 32.4 Å². The van der Waals surface area contributed by atoms with Crippen LogP contribution in [-0.4, -0.2) is 63.2 Å². The molecule has 0 aliphatic carbocycles. The molecule has 0 aromatic heterocycles. The second-order valence-electron chi connectivity index (χ2n) is 9.44. The molecular weight excluding hydrogens is 536 g/mol. The van der Waals surface area contributed by atoms with E-state index in [4.69, 9.17) is 24.1 Å². The Morgan fingerprint density at radius 1 is 1.00 bits per heavy atom. The van der Waals surface area contributed by atoms with E-state index in [0.717, 1.165) is 5.56 Å². The largest absolute Gasteiger partial charge is 0.494 e. The molecule has 1 atom stereocenters. The van der Waals surface area contributed by atoms with Gasteiger partial charge in [0.25, 0.3) is 5.91 Å². The SMILES string of the molecule is O=C(NCc1ccc2c(c1)OCO2)[C@@]1(CCS(=O)(=O)c2ccccc2)COC(c2ccc(OCCCO)cc2)=N1. The number of nitrogens with zero attached hydrogens (tertiary/aromatic N) is 1. The van der Waals surface area contributed by atoms with Crippen molar-refractivity contribution in [3.8, 4) is 17.2 Å². The van der Waals surface area contributed by atoms with Crippen LogP contribution in [0.15, 0.2) is 82.7 Å². The van der Waals surface area contributed by atoms with Gasteiger partial charge in [-0.25, -0.2) is 13.4 Å². The van der Waals surface area contributed by atoms with Gasteiger partial charge in [0.15, 0.2) is 26.9 Å². The molecule has 0 saturated heterocycles. The van der Waals surface area contributed by atoms with Crippen LogP contribution in [0.4, 0.5) is 0 Å². The molecule has 11 heteroatoms. The zero-order valence-corrected chi connectivity index (χ0v) is 22.6. The van der Waals surface area contributed by atoms with E-state index in [1.54, 1.807) is 54.6 Å². The van der Waals surface area contributed by atoms with Crippen molar-refractivity contribution < 1.29 is 37.3 Å². The summed E-state index contributed by atoms with van der Waals surface area (Å²) in [6, 6.07) is 20.5. The number of hydrogen-bond donors (Lipinski definition) is 2. The summed E-state index contributed by atoms with van der Waals surface area (Å²) < 4.78 is 48.3. The van der Waals surface area contributed by atoms with Crippen LogP contribution in [0.1, 0.15) is 24.0 Å². The Hall–Kier alpha value is -4.09. The first-order valence-corrected chi connectivity index (χ1v) is 14.6. The summed E-state index contributed by atoms with van der Waals surface area (Å²) in [5.74, 6) is 1.39. The third-order valence-electron chi connectivity index (χ3n) is 6.64. The van der Waals surface area contributed by atoms with Crippen molar-refractivity contribution >= 4 is 21.6 Å². The summed E-state index contributed by atoms with van der Waals surface area (Å²) in [6.07, 6.45) is 0.455. The first-order chi connectivity index (χ1) is 19.4. The topological polar surface area (TPSA) is 133 Å². The molecule has 0 unspecified atom stereocenters. The van der Waals surface area contributed by atoms with Gasteiger partial charge in [-0.15, -0.1) is 0 Å². The van der Waals surface area contributed by atoms with Gasteiger partial charge in [-0.2, -0.15) is 0 Å². The van der Waals surface area contributed by atoms with E-state index in [0.29, 0.717) is 35.8 Å². The van der Waals surface area contributed by atoms with Gasteiger partial charge < -0.3 is 29.4 Å². The molecule has 0 saturated carbocycles. The number of aliphatic hydroxyl groups excluding tert-OH is 1. The molecule has 10 nitrogen and oxygen atoms in total. The number of aliphatic imine (C=N–C) groups is 1. The van der Waals surface area contributed by atoms with Crippen LogP contribution in [0.2, 0.25) is 0 Å². The van der Waals surface area contributed by atoms with Crippen LogP contribution in [0, 0.1) is 0 Å². The molecule has 0 radical (unpaired) electrons. The smallest absolute Gasteiger partial charge is 0.251 e. The molecule has 0 fully saturated rings. The fraction of sp³-hybridized carbons (Fsp3) is 0.310. The molecule has 2 aliphatic heterocycles. The van der Waals surface area contributed by atoms with E-state index in [1.807, 2.05) is 6.07 Å². The van der Waals surface area contributed by atoms with Crippen molar-refractivity contribution in [3.05, 3.63) is 83.9 Å². The fourth-order valence-corrected chi connectivity index (χ4v) is 5.76. The minimum Gasteiger partial charge on any atom is -0.494 e. The highest BCUT2D eigenvalue weighted by atomic mass is 32.2. The average Bonchev–Trinajstić information content (AvgIpc) is 3.64. The van der Waals surface area contributed by atoms with E-state index < -0.39 is 21.3 Å². The Balaban J connectivity index is 1.35. The van der Waals surface area contributed by atoms with Crippen LogP contribution < -0.4 is 19.5 Å². The molecule has 0 bridgehead atoms. The zero-order chi connectivity index (χ0) is 28.0. The lowest BCUT2D eigenvalue weighted by molar-refractivity contribution is -0.127. The third kappa shape index (κ3) is 6.21. The summed E-state index contributed by atoms with van der Waals surface area (Å²) in [5.41, 5.74) is -0.0143. The highest BCUT2D eigenvalue weighted by molar-refractivity contribution is 7.91. The molecule has 2 heterocycles. The summed E-state index contributed by atoms with van der Waals surface area (Å²) in [5, 5.41) is 11.8. The van der Waals surface area contributed by atoms with Crippen molar-refractivity contribution in [3.63, 3.8) is 0 Å². The maximum atomic E-state index is 13.6. The number of sulfone groups is 1. The maximum absolute atomic E-state index is 13.6. The second-order valence-corrected chi connectivity index (χ2v) is 11.5. The molecule has 3 aromatic rings. The Morgan fingerprint density at radius 3 is 2.55 bits per heavy atom. The highest BCUT2D eigenvalue weighted by Gasteiger charge is 2.45. The molecule has 40 heavy (non-hydrogen) atoms. The van der Waals surface area contributed by atoms with E-state index >= 15 is 0 Å². The third-order valence-corrected chi connectivity index (χ3v) is 8.37. The molecular formula is C29H30N2O8S. The van der Waals surface area contributed by atoms with Gasteiger partial charge in [0.05, 0.1) is 17.3 Å². The van der Waals surface area contributed by atoms with Gasteiger partial charge in [-0.05, 0) is 60.5 Å². The molecule has 1 amide bonds. The van der Waals surface area contributed by atoms with E-state index in [2.05, 4.69) is 10.3 Å². The number of amides is 1. The van der Waals surface area contributed by atoms with Gasteiger partial charge in [0.2, 0.25) is 12.7 Å². The summed E-state index contributed by atoms with van der Waals surface area (Å²) in [4.78, 5) is 18.5. The minimum atomic E-state index is -3.66. The summed E-state index contributed by atoms with van der Waals surface area (Å²) >= 11 is 0. The van der Waals surface area contributed by atoms with Gasteiger partial charge >= 0.3 is 0 Å². The fourth-order valence-electron chi connectivity index (χ4n) is 4.35. The average molecular weight is 567 g/mol. The van der Waals surface area contributed by atoms with Crippen molar-refractivity contribution in [2.45, 2.75) is 29.8 Å². The van der Waals surface area contributed by atoms with Crippen molar-refractivity contribution in [2.24, 2.45) is 4.99 Å². The van der Waals surface area contributed by atoms with Crippen LogP contribution in [0.5, 0.6) is 17.2 Å².